The van der Waals surface area contributed by atoms with E-state index in [0.29, 0.717) is 11.4 Å². The van der Waals surface area contributed by atoms with E-state index in [9.17, 15) is 14.4 Å². The van der Waals surface area contributed by atoms with Crippen molar-refractivity contribution in [2.75, 3.05) is 13.2 Å². The number of benzene rings is 3. The van der Waals surface area contributed by atoms with Gasteiger partial charge in [0.1, 0.15) is 12.6 Å². The number of carbonyl (C=O) groups excluding carboxylic acids is 2. The van der Waals surface area contributed by atoms with Crippen molar-refractivity contribution in [2.24, 2.45) is 5.73 Å². The van der Waals surface area contributed by atoms with Gasteiger partial charge in [0.05, 0.1) is 0 Å². The Morgan fingerprint density at radius 1 is 0.944 bits per heavy atom. The molecule has 36 heavy (non-hydrogen) atoms. The number of fused-ring (bicyclic) bond motifs is 3. The topological polar surface area (TPSA) is 110 Å². The van der Waals surface area contributed by atoms with E-state index in [4.69, 9.17) is 27.2 Å². The van der Waals surface area contributed by atoms with Gasteiger partial charge >= 0.3 is 12.1 Å². The molecular formula is C28H27ClN2O5. The molecule has 0 heterocycles. The van der Waals surface area contributed by atoms with E-state index < -0.39 is 24.0 Å². The van der Waals surface area contributed by atoms with Crippen LogP contribution in [0.15, 0.2) is 72.8 Å². The summed E-state index contributed by atoms with van der Waals surface area (Å²) < 4.78 is 5.76. The highest BCUT2D eigenvalue weighted by Gasteiger charge is 2.33. The predicted octanol–water partition coefficient (Wildman–Crippen LogP) is 4.85. The zero-order valence-electron chi connectivity index (χ0n) is 19.6. The van der Waals surface area contributed by atoms with E-state index in [2.05, 4.69) is 0 Å². The summed E-state index contributed by atoms with van der Waals surface area (Å²) in [4.78, 5) is 38.0. The lowest BCUT2D eigenvalue weighted by Crippen LogP contribution is -2.49. The molecule has 0 aliphatic heterocycles. The number of nitrogens with two attached hydrogens (primary N) is 1. The Balaban J connectivity index is 1.55. The van der Waals surface area contributed by atoms with Crippen LogP contribution in [0.25, 0.3) is 11.1 Å². The molecular weight excluding hydrogens is 480 g/mol. The van der Waals surface area contributed by atoms with Crippen LogP contribution in [0.2, 0.25) is 5.02 Å². The van der Waals surface area contributed by atoms with Crippen LogP contribution in [0.1, 0.15) is 35.4 Å². The largest absolute Gasteiger partial charge is 0.481 e. The van der Waals surface area contributed by atoms with Gasteiger partial charge in [0.15, 0.2) is 0 Å². The minimum absolute atomic E-state index is 0.0693. The second-order valence-electron chi connectivity index (χ2n) is 8.69. The highest BCUT2D eigenvalue weighted by molar-refractivity contribution is 6.31. The maximum Gasteiger partial charge on any atom is 0.410 e. The first-order valence-corrected chi connectivity index (χ1v) is 12.1. The number of hydrogen-bond donors (Lipinski definition) is 2. The number of carboxylic acids is 1. The van der Waals surface area contributed by atoms with Gasteiger partial charge in [0.25, 0.3) is 0 Å². The molecule has 3 aromatic carbocycles. The molecule has 1 aliphatic carbocycles. The Morgan fingerprint density at radius 2 is 1.53 bits per heavy atom. The maximum atomic E-state index is 13.3. The molecule has 0 saturated heterocycles. The molecule has 7 nitrogen and oxygen atoms in total. The molecule has 0 radical (unpaired) electrons. The Labute approximate surface area is 214 Å². The van der Waals surface area contributed by atoms with E-state index >= 15 is 0 Å². The second kappa shape index (κ2) is 11.3. The molecule has 1 aliphatic rings. The van der Waals surface area contributed by atoms with Crippen LogP contribution >= 0.6 is 11.6 Å². The van der Waals surface area contributed by atoms with Crippen molar-refractivity contribution in [3.63, 3.8) is 0 Å². The van der Waals surface area contributed by atoms with Gasteiger partial charge in [-0.05, 0) is 46.7 Å². The summed E-state index contributed by atoms with van der Waals surface area (Å²) in [5.41, 5.74) is 10.7. The van der Waals surface area contributed by atoms with Gasteiger partial charge in [-0.15, -0.1) is 0 Å². The molecule has 8 heteroatoms. The van der Waals surface area contributed by atoms with Crippen molar-refractivity contribution >= 4 is 29.6 Å². The van der Waals surface area contributed by atoms with E-state index in [1.165, 1.54) is 4.90 Å². The van der Waals surface area contributed by atoms with Crippen LogP contribution < -0.4 is 5.73 Å². The summed E-state index contributed by atoms with van der Waals surface area (Å²) in [6, 6.07) is 22.0. The number of aliphatic carboxylic acids is 1. The number of nitrogens with zero attached hydrogens (tertiary/aromatic N) is 1. The summed E-state index contributed by atoms with van der Waals surface area (Å²) in [6.45, 7) is 0.160. The van der Waals surface area contributed by atoms with Gasteiger partial charge in [-0.3, -0.25) is 14.5 Å². The molecule has 186 valence electrons. The van der Waals surface area contributed by atoms with Crippen molar-refractivity contribution < 1.29 is 24.2 Å². The Kier molecular flexibility index (Phi) is 7.90. The van der Waals surface area contributed by atoms with Gasteiger partial charge in [0, 0.05) is 23.9 Å². The van der Waals surface area contributed by atoms with Gasteiger partial charge < -0.3 is 15.6 Å². The second-order valence-corrected chi connectivity index (χ2v) is 9.10. The third-order valence-corrected chi connectivity index (χ3v) is 6.86. The Bertz CT molecular complexity index is 1230. The lowest BCUT2D eigenvalue weighted by molar-refractivity contribution is -0.137. The number of carboxylic acid groups (broad SMARTS) is 1. The van der Waals surface area contributed by atoms with E-state index in [1.54, 1.807) is 12.1 Å². The number of primary amides is 1. The smallest absolute Gasteiger partial charge is 0.410 e. The molecule has 1 atom stereocenters. The summed E-state index contributed by atoms with van der Waals surface area (Å²) in [5.74, 6) is -2.03. The van der Waals surface area contributed by atoms with Crippen LogP contribution in [0.3, 0.4) is 0 Å². The van der Waals surface area contributed by atoms with Crippen molar-refractivity contribution in [2.45, 2.75) is 31.2 Å². The maximum absolute atomic E-state index is 13.3. The van der Waals surface area contributed by atoms with E-state index in [1.807, 2.05) is 60.7 Å². The van der Waals surface area contributed by atoms with Crippen molar-refractivity contribution in [3.8, 4) is 11.1 Å². The minimum atomic E-state index is -1.13. The quantitative estimate of drug-likeness (QED) is 0.408. The predicted molar refractivity (Wildman–Crippen MR) is 137 cm³/mol. The first-order valence-electron chi connectivity index (χ1n) is 11.7. The fraction of sp³-hybridized carbons (Fsp3) is 0.250. The van der Waals surface area contributed by atoms with Crippen molar-refractivity contribution in [1.82, 2.24) is 4.90 Å². The number of amides is 2. The molecule has 0 aromatic heterocycles. The van der Waals surface area contributed by atoms with Crippen LogP contribution in [-0.2, 0) is 20.7 Å². The molecule has 4 rings (SSSR count). The van der Waals surface area contributed by atoms with Gasteiger partial charge in [-0.2, -0.15) is 0 Å². The summed E-state index contributed by atoms with van der Waals surface area (Å²) in [7, 11) is 0. The lowest BCUT2D eigenvalue weighted by Gasteiger charge is -2.29. The van der Waals surface area contributed by atoms with Crippen LogP contribution in [0.5, 0.6) is 0 Å². The Morgan fingerprint density at radius 3 is 2.11 bits per heavy atom. The van der Waals surface area contributed by atoms with Crippen LogP contribution in [0.4, 0.5) is 4.79 Å². The Hall–Kier alpha value is -3.84. The molecule has 0 saturated carbocycles. The SMILES string of the molecule is NC(=O)[C@H](CCC(=O)O)N(CCc1ccccc1Cl)C(=O)OCC1c2ccccc2-c2ccccc21. The first-order chi connectivity index (χ1) is 17.4. The third kappa shape index (κ3) is 5.52. The van der Waals surface area contributed by atoms with Gasteiger partial charge in [0.2, 0.25) is 5.91 Å². The van der Waals surface area contributed by atoms with E-state index in [-0.39, 0.29) is 31.9 Å². The molecule has 3 N–H and O–H groups in total. The molecule has 0 fully saturated rings. The average Bonchev–Trinajstić information content (AvgIpc) is 3.18. The minimum Gasteiger partial charge on any atom is -0.481 e. The monoisotopic (exact) mass is 506 g/mol. The van der Waals surface area contributed by atoms with Crippen LogP contribution in [0, 0.1) is 0 Å². The highest BCUT2D eigenvalue weighted by atomic mass is 35.5. The van der Waals surface area contributed by atoms with E-state index in [0.717, 1.165) is 27.8 Å². The molecule has 0 unspecified atom stereocenters. The molecule has 3 aromatic rings. The zero-order valence-corrected chi connectivity index (χ0v) is 20.4. The van der Waals surface area contributed by atoms with Crippen molar-refractivity contribution in [3.05, 3.63) is 94.5 Å². The number of ether oxygens (including phenoxy) is 1. The number of carbonyl (C=O) groups is 3. The highest BCUT2D eigenvalue weighted by Crippen LogP contribution is 2.44. The summed E-state index contributed by atoms with van der Waals surface area (Å²) in [6.07, 6.45) is -0.802. The first kappa shape index (κ1) is 25.3. The normalized spacial score (nSPS) is 12.9. The fourth-order valence-electron chi connectivity index (χ4n) is 4.71. The van der Waals surface area contributed by atoms with Crippen LogP contribution in [-0.4, -0.2) is 47.2 Å². The third-order valence-electron chi connectivity index (χ3n) is 6.49. The number of rotatable bonds is 10. The van der Waals surface area contributed by atoms with Gasteiger partial charge in [-0.1, -0.05) is 78.3 Å². The van der Waals surface area contributed by atoms with Gasteiger partial charge in [-0.25, -0.2) is 4.79 Å². The molecule has 0 spiro atoms. The van der Waals surface area contributed by atoms with Crippen molar-refractivity contribution in [1.29, 1.82) is 0 Å². The molecule has 2 amide bonds. The lowest BCUT2D eigenvalue weighted by atomic mass is 9.98. The number of halogens is 1. The average molecular weight is 507 g/mol. The number of hydrogen-bond acceptors (Lipinski definition) is 4. The zero-order chi connectivity index (χ0) is 25.7. The molecule has 0 bridgehead atoms. The summed E-state index contributed by atoms with van der Waals surface area (Å²) in [5, 5.41) is 9.67. The fourth-order valence-corrected chi connectivity index (χ4v) is 4.94. The standard InChI is InChI=1S/C28H27ClN2O5/c29-24-12-6-1-7-18(24)15-16-31(25(27(30)34)13-14-26(32)33)28(35)36-17-23-21-10-4-2-8-19(21)20-9-3-5-11-22(20)23/h1-12,23,25H,13-17H2,(H2,30,34)(H,32,33)/t25-/m0/s1. The summed E-state index contributed by atoms with van der Waals surface area (Å²) >= 11 is 6.27.